The first-order chi connectivity index (χ1) is 9.35. The van der Waals surface area contributed by atoms with Gasteiger partial charge in [0.25, 0.3) is 0 Å². The fourth-order valence-corrected chi connectivity index (χ4v) is 2.12. The van der Waals surface area contributed by atoms with E-state index in [9.17, 15) is 0 Å². The first kappa shape index (κ1) is 12.2. The molecule has 1 saturated carbocycles. The van der Waals surface area contributed by atoms with Crippen molar-refractivity contribution < 1.29 is 4.74 Å². The van der Waals surface area contributed by atoms with Crippen LogP contribution in [0.2, 0.25) is 0 Å². The van der Waals surface area contributed by atoms with Crippen LogP contribution in [0.1, 0.15) is 30.0 Å². The molecule has 1 aromatic carbocycles. The van der Waals surface area contributed by atoms with Crippen LogP contribution in [0.4, 0.5) is 0 Å². The van der Waals surface area contributed by atoms with Crippen molar-refractivity contribution in [1.29, 1.82) is 0 Å². The summed E-state index contributed by atoms with van der Waals surface area (Å²) in [6.07, 6.45) is 4.62. The third kappa shape index (κ3) is 3.15. The first-order valence-corrected chi connectivity index (χ1v) is 6.80. The molecule has 2 N–H and O–H groups in total. The molecular formula is C15H19N3O. The molecule has 1 aliphatic carbocycles. The van der Waals surface area contributed by atoms with Gasteiger partial charge in [0.1, 0.15) is 12.4 Å². The first-order valence-electron chi connectivity index (χ1n) is 6.80. The van der Waals surface area contributed by atoms with Crippen LogP contribution < -0.4 is 10.5 Å². The van der Waals surface area contributed by atoms with Crippen LogP contribution in [0.5, 0.6) is 5.75 Å². The summed E-state index contributed by atoms with van der Waals surface area (Å²) in [6.45, 7) is 1.94. The predicted octanol–water partition coefficient (Wildman–Crippen LogP) is 2.30. The second kappa shape index (κ2) is 5.45. The van der Waals surface area contributed by atoms with E-state index in [-0.39, 0.29) is 0 Å². The minimum atomic E-state index is 0.543. The quantitative estimate of drug-likeness (QED) is 0.864. The van der Waals surface area contributed by atoms with E-state index in [0.29, 0.717) is 19.1 Å². The molecule has 0 amide bonds. The minimum absolute atomic E-state index is 0.543. The summed E-state index contributed by atoms with van der Waals surface area (Å²) in [7, 11) is 0. The molecule has 0 radical (unpaired) electrons. The Kier molecular flexibility index (Phi) is 3.51. The molecular weight excluding hydrogens is 238 g/mol. The van der Waals surface area contributed by atoms with Crippen molar-refractivity contribution >= 4 is 0 Å². The fraction of sp³-hybridized carbons (Fsp3) is 0.400. The van der Waals surface area contributed by atoms with Gasteiger partial charge in [-0.25, -0.2) is 0 Å². The molecule has 19 heavy (non-hydrogen) atoms. The molecule has 1 heterocycles. The number of hydrogen-bond donors (Lipinski definition) is 1. The van der Waals surface area contributed by atoms with Crippen LogP contribution in [0.25, 0.3) is 0 Å². The van der Waals surface area contributed by atoms with Gasteiger partial charge in [0, 0.05) is 18.7 Å². The Hall–Kier alpha value is -1.81. The molecule has 4 nitrogen and oxygen atoms in total. The number of aromatic nitrogens is 2. The van der Waals surface area contributed by atoms with Crippen molar-refractivity contribution in [2.75, 3.05) is 6.61 Å². The lowest BCUT2D eigenvalue weighted by Gasteiger charge is -2.07. The molecule has 0 saturated heterocycles. The fourth-order valence-electron chi connectivity index (χ4n) is 2.12. The van der Waals surface area contributed by atoms with Gasteiger partial charge in [-0.2, -0.15) is 5.10 Å². The number of ether oxygens (including phenoxy) is 1. The number of benzene rings is 1. The molecule has 0 spiro atoms. The highest BCUT2D eigenvalue weighted by atomic mass is 16.5. The van der Waals surface area contributed by atoms with Crippen LogP contribution in [0, 0.1) is 0 Å². The molecule has 1 aromatic heterocycles. The van der Waals surface area contributed by atoms with Crippen LogP contribution >= 0.6 is 0 Å². The summed E-state index contributed by atoms with van der Waals surface area (Å²) in [5, 5.41) is 4.55. The van der Waals surface area contributed by atoms with Crippen LogP contribution in [0.15, 0.2) is 36.5 Å². The Morgan fingerprint density at radius 2 is 2.21 bits per heavy atom. The van der Waals surface area contributed by atoms with Gasteiger partial charge in [0.15, 0.2) is 0 Å². The third-order valence-electron chi connectivity index (χ3n) is 3.38. The van der Waals surface area contributed by atoms with E-state index in [1.165, 1.54) is 18.5 Å². The molecule has 0 aliphatic heterocycles. The lowest BCUT2D eigenvalue weighted by Crippen LogP contribution is -2.09. The predicted molar refractivity (Wildman–Crippen MR) is 74.0 cm³/mol. The molecule has 4 heteroatoms. The highest BCUT2D eigenvalue weighted by Crippen LogP contribution is 2.38. The van der Waals surface area contributed by atoms with Gasteiger partial charge in [-0.05, 0) is 36.6 Å². The molecule has 1 aliphatic rings. The molecule has 2 aromatic rings. The van der Waals surface area contributed by atoms with Crippen molar-refractivity contribution in [2.45, 2.75) is 31.8 Å². The van der Waals surface area contributed by atoms with Crippen LogP contribution in [-0.2, 0) is 13.1 Å². The van der Waals surface area contributed by atoms with E-state index in [1.807, 2.05) is 35.1 Å². The van der Waals surface area contributed by atoms with Crippen LogP contribution in [-0.4, -0.2) is 16.4 Å². The van der Waals surface area contributed by atoms with E-state index < -0.39 is 0 Å². The maximum absolute atomic E-state index is 5.72. The summed E-state index contributed by atoms with van der Waals surface area (Å²) in [5.41, 5.74) is 7.92. The second-order valence-electron chi connectivity index (χ2n) is 4.98. The Balaban J connectivity index is 1.51. The van der Waals surface area contributed by atoms with Crippen molar-refractivity contribution in [1.82, 2.24) is 9.78 Å². The topological polar surface area (TPSA) is 53.1 Å². The van der Waals surface area contributed by atoms with Crippen LogP contribution in [0.3, 0.4) is 0 Å². The smallest absolute Gasteiger partial charge is 0.119 e. The standard InChI is InChI=1S/C15H19N3O/c16-11-12-2-1-3-14(10-12)19-9-8-18-7-6-15(17-18)13-4-5-13/h1-3,6-7,10,13H,4-5,8-9,11,16H2. The van der Waals surface area contributed by atoms with E-state index >= 15 is 0 Å². The summed E-state index contributed by atoms with van der Waals surface area (Å²) < 4.78 is 7.68. The largest absolute Gasteiger partial charge is 0.492 e. The zero-order valence-electron chi connectivity index (χ0n) is 11.0. The Morgan fingerprint density at radius 3 is 3.00 bits per heavy atom. The summed E-state index contributed by atoms with van der Waals surface area (Å²) >= 11 is 0. The van der Waals surface area contributed by atoms with E-state index in [2.05, 4.69) is 11.2 Å². The van der Waals surface area contributed by atoms with E-state index in [0.717, 1.165) is 17.9 Å². The summed E-state index contributed by atoms with van der Waals surface area (Å²) in [6, 6.07) is 10.0. The van der Waals surface area contributed by atoms with Gasteiger partial charge in [-0.1, -0.05) is 12.1 Å². The average Bonchev–Trinajstić information content (AvgIpc) is 3.19. The molecule has 100 valence electrons. The summed E-state index contributed by atoms with van der Waals surface area (Å²) in [5.74, 6) is 1.58. The third-order valence-corrected chi connectivity index (χ3v) is 3.38. The molecule has 0 unspecified atom stereocenters. The number of nitrogens with two attached hydrogens (primary N) is 1. The van der Waals surface area contributed by atoms with Gasteiger partial charge < -0.3 is 10.5 Å². The van der Waals surface area contributed by atoms with Gasteiger partial charge in [0.2, 0.25) is 0 Å². The highest BCUT2D eigenvalue weighted by Gasteiger charge is 2.25. The number of rotatable bonds is 6. The van der Waals surface area contributed by atoms with Crippen molar-refractivity contribution in [3.05, 3.63) is 47.8 Å². The SMILES string of the molecule is NCc1cccc(OCCn2ccc(C3CC3)n2)c1. The summed E-state index contributed by atoms with van der Waals surface area (Å²) in [4.78, 5) is 0. The van der Waals surface area contributed by atoms with Crippen molar-refractivity contribution in [2.24, 2.45) is 5.73 Å². The zero-order chi connectivity index (χ0) is 13.1. The Morgan fingerprint density at radius 1 is 1.32 bits per heavy atom. The van der Waals surface area contributed by atoms with Crippen molar-refractivity contribution in [3.8, 4) is 5.75 Å². The molecule has 1 fully saturated rings. The lowest BCUT2D eigenvalue weighted by molar-refractivity contribution is 0.290. The van der Waals surface area contributed by atoms with E-state index in [1.54, 1.807) is 0 Å². The Labute approximate surface area is 113 Å². The van der Waals surface area contributed by atoms with Gasteiger partial charge in [-0.3, -0.25) is 4.68 Å². The van der Waals surface area contributed by atoms with E-state index in [4.69, 9.17) is 10.5 Å². The normalized spacial score (nSPS) is 14.6. The maximum Gasteiger partial charge on any atom is 0.119 e. The van der Waals surface area contributed by atoms with Gasteiger partial charge >= 0.3 is 0 Å². The lowest BCUT2D eigenvalue weighted by atomic mass is 10.2. The second-order valence-corrected chi connectivity index (χ2v) is 4.98. The number of hydrogen-bond acceptors (Lipinski definition) is 3. The highest BCUT2D eigenvalue weighted by molar-refractivity contribution is 5.28. The minimum Gasteiger partial charge on any atom is -0.492 e. The molecule has 0 atom stereocenters. The average molecular weight is 257 g/mol. The molecule has 0 bridgehead atoms. The van der Waals surface area contributed by atoms with Gasteiger partial charge in [-0.15, -0.1) is 0 Å². The monoisotopic (exact) mass is 257 g/mol. The number of nitrogens with zero attached hydrogens (tertiary/aromatic N) is 2. The zero-order valence-corrected chi connectivity index (χ0v) is 11.0. The van der Waals surface area contributed by atoms with Crippen molar-refractivity contribution in [3.63, 3.8) is 0 Å². The Bertz CT molecular complexity index is 546. The molecule has 3 rings (SSSR count). The maximum atomic E-state index is 5.72. The van der Waals surface area contributed by atoms with Gasteiger partial charge in [0.05, 0.1) is 12.2 Å².